The number of carbonyl (C=O) groups is 1. The van der Waals surface area contributed by atoms with Gasteiger partial charge >= 0.3 is 5.97 Å². The second-order valence-corrected chi connectivity index (χ2v) is 4.27. The number of rotatable bonds is 4. The van der Waals surface area contributed by atoms with E-state index in [0.29, 0.717) is 24.1 Å². The molecular formula is C15H14N2O2. The first-order chi connectivity index (χ1) is 9.15. The van der Waals surface area contributed by atoms with Crippen LogP contribution < -0.4 is 0 Å². The third-order valence-corrected chi connectivity index (χ3v) is 3.08. The minimum Gasteiger partial charge on any atom is -0.478 e. The Bertz CT molecular complexity index is 633. The summed E-state index contributed by atoms with van der Waals surface area (Å²) in [5.74, 6) is -0.893. The molecule has 0 spiro atoms. The van der Waals surface area contributed by atoms with Gasteiger partial charge in [-0.3, -0.25) is 0 Å². The van der Waals surface area contributed by atoms with E-state index < -0.39 is 5.97 Å². The molecule has 4 nitrogen and oxygen atoms in total. The van der Waals surface area contributed by atoms with Crippen LogP contribution >= 0.6 is 0 Å². The predicted octanol–water partition coefficient (Wildman–Crippen LogP) is 2.67. The van der Waals surface area contributed by atoms with Crippen molar-refractivity contribution < 1.29 is 9.90 Å². The third-order valence-electron chi connectivity index (χ3n) is 3.08. The molecule has 1 aromatic carbocycles. The van der Waals surface area contributed by atoms with E-state index in [9.17, 15) is 4.79 Å². The molecule has 0 aliphatic carbocycles. The van der Waals surface area contributed by atoms with Crippen molar-refractivity contribution in [3.05, 3.63) is 58.9 Å². The van der Waals surface area contributed by atoms with Crippen molar-refractivity contribution in [1.82, 2.24) is 4.57 Å². The van der Waals surface area contributed by atoms with Crippen LogP contribution in [0.15, 0.2) is 36.5 Å². The molecule has 1 N–H and O–H groups in total. The van der Waals surface area contributed by atoms with Crippen molar-refractivity contribution >= 4 is 5.97 Å². The summed E-state index contributed by atoms with van der Waals surface area (Å²) in [6, 6.07) is 11.0. The first kappa shape index (κ1) is 12.9. The molecule has 2 rings (SSSR count). The van der Waals surface area contributed by atoms with Gasteiger partial charge in [-0.25, -0.2) is 4.79 Å². The smallest absolute Gasteiger partial charge is 0.337 e. The Kier molecular flexibility index (Phi) is 3.67. The summed E-state index contributed by atoms with van der Waals surface area (Å²) in [5, 5.41) is 17.8. The number of nitriles is 1. The largest absolute Gasteiger partial charge is 0.478 e. The second kappa shape index (κ2) is 5.40. The highest BCUT2D eigenvalue weighted by atomic mass is 16.4. The van der Waals surface area contributed by atoms with Crippen molar-refractivity contribution in [3.63, 3.8) is 0 Å². The summed E-state index contributed by atoms with van der Waals surface area (Å²) < 4.78 is 1.94. The summed E-state index contributed by atoms with van der Waals surface area (Å²) in [7, 11) is 0. The molecule has 0 unspecified atom stereocenters. The lowest BCUT2D eigenvalue weighted by Crippen LogP contribution is -2.06. The average molecular weight is 254 g/mol. The molecular weight excluding hydrogens is 240 g/mol. The van der Waals surface area contributed by atoms with E-state index >= 15 is 0 Å². The average Bonchev–Trinajstić information content (AvgIpc) is 2.82. The molecule has 96 valence electrons. The molecule has 0 saturated carbocycles. The zero-order chi connectivity index (χ0) is 13.8. The SMILES string of the molecule is CCc1c(C(=O)O)ccn1Cc1ccc(C#N)cc1. The van der Waals surface area contributed by atoms with Gasteiger partial charge < -0.3 is 9.67 Å². The van der Waals surface area contributed by atoms with Gasteiger partial charge in [-0.2, -0.15) is 5.26 Å². The maximum absolute atomic E-state index is 11.1. The van der Waals surface area contributed by atoms with Crippen LogP contribution in [0.2, 0.25) is 0 Å². The standard InChI is InChI=1S/C15H14N2O2/c1-2-14-13(15(18)19)7-8-17(14)10-12-5-3-11(9-16)4-6-12/h3-8H,2,10H2,1H3,(H,18,19). The van der Waals surface area contributed by atoms with Crippen molar-refractivity contribution in [1.29, 1.82) is 5.26 Å². The number of aromatic nitrogens is 1. The second-order valence-electron chi connectivity index (χ2n) is 4.27. The Morgan fingerprint density at radius 1 is 1.32 bits per heavy atom. The minimum absolute atomic E-state index is 0.358. The summed E-state index contributed by atoms with van der Waals surface area (Å²) in [4.78, 5) is 11.1. The van der Waals surface area contributed by atoms with E-state index in [1.807, 2.05) is 23.6 Å². The summed E-state index contributed by atoms with van der Waals surface area (Å²) in [6.07, 6.45) is 2.46. The van der Waals surface area contributed by atoms with Gasteiger partial charge in [0.15, 0.2) is 0 Å². The van der Waals surface area contributed by atoms with Gasteiger partial charge in [0.25, 0.3) is 0 Å². The highest BCUT2D eigenvalue weighted by molar-refractivity contribution is 5.89. The van der Waals surface area contributed by atoms with E-state index in [1.165, 1.54) is 0 Å². The van der Waals surface area contributed by atoms with Gasteiger partial charge in [-0.05, 0) is 30.2 Å². The molecule has 0 atom stereocenters. The van der Waals surface area contributed by atoms with E-state index in [2.05, 4.69) is 6.07 Å². The third kappa shape index (κ3) is 2.66. The number of aromatic carboxylic acids is 1. The van der Waals surface area contributed by atoms with Crippen LogP contribution in [0, 0.1) is 11.3 Å². The van der Waals surface area contributed by atoms with E-state index in [-0.39, 0.29) is 0 Å². The fourth-order valence-electron chi connectivity index (χ4n) is 2.12. The normalized spacial score (nSPS) is 10.1. The number of carboxylic acid groups (broad SMARTS) is 1. The monoisotopic (exact) mass is 254 g/mol. The molecule has 0 radical (unpaired) electrons. The number of carboxylic acids is 1. The van der Waals surface area contributed by atoms with Gasteiger partial charge in [0.1, 0.15) is 0 Å². The Hall–Kier alpha value is -2.54. The zero-order valence-corrected chi connectivity index (χ0v) is 10.6. The molecule has 0 amide bonds. The van der Waals surface area contributed by atoms with E-state index in [1.54, 1.807) is 24.4 Å². The van der Waals surface area contributed by atoms with Crippen LogP contribution in [0.3, 0.4) is 0 Å². The first-order valence-corrected chi connectivity index (χ1v) is 6.06. The molecule has 2 aromatic rings. The molecule has 0 aliphatic rings. The van der Waals surface area contributed by atoms with Crippen LogP contribution in [0.1, 0.15) is 34.1 Å². The zero-order valence-electron chi connectivity index (χ0n) is 10.6. The molecule has 4 heteroatoms. The van der Waals surface area contributed by atoms with Gasteiger partial charge in [0.2, 0.25) is 0 Å². The highest BCUT2D eigenvalue weighted by Gasteiger charge is 2.13. The maximum Gasteiger partial charge on any atom is 0.337 e. The van der Waals surface area contributed by atoms with Crippen LogP contribution in [0.25, 0.3) is 0 Å². The van der Waals surface area contributed by atoms with E-state index in [0.717, 1.165) is 11.3 Å². The molecule has 19 heavy (non-hydrogen) atoms. The van der Waals surface area contributed by atoms with Gasteiger partial charge in [-0.15, -0.1) is 0 Å². The van der Waals surface area contributed by atoms with Crippen LogP contribution in [-0.4, -0.2) is 15.6 Å². The van der Waals surface area contributed by atoms with Crippen molar-refractivity contribution in [2.24, 2.45) is 0 Å². The number of hydrogen-bond acceptors (Lipinski definition) is 2. The van der Waals surface area contributed by atoms with Crippen molar-refractivity contribution in [2.75, 3.05) is 0 Å². The highest BCUT2D eigenvalue weighted by Crippen LogP contribution is 2.15. The van der Waals surface area contributed by atoms with Crippen LogP contribution in [0.5, 0.6) is 0 Å². The molecule has 0 fully saturated rings. The van der Waals surface area contributed by atoms with Crippen molar-refractivity contribution in [3.8, 4) is 6.07 Å². The van der Waals surface area contributed by atoms with Crippen LogP contribution in [-0.2, 0) is 13.0 Å². The lowest BCUT2D eigenvalue weighted by atomic mass is 10.1. The molecule has 1 heterocycles. The molecule has 0 aliphatic heterocycles. The summed E-state index contributed by atoms with van der Waals surface area (Å²) >= 11 is 0. The van der Waals surface area contributed by atoms with E-state index in [4.69, 9.17) is 10.4 Å². The van der Waals surface area contributed by atoms with Gasteiger partial charge in [0.05, 0.1) is 17.2 Å². The quantitative estimate of drug-likeness (QED) is 0.912. The fraction of sp³-hybridized carbons (Fsp3) is 0.200. The van der Waals surface area contributed by atoms with Gasteiger partial charge in [-0.1, -0.05) is 19.1 Å². The lowest BCUT2D eigenvalue weighted by Gasteiger charge is -2.09. The fourth-order valence-corrected chi connectivity index (χ4v) is 2.12. The molecule has 0 saturated heterocycles. The number of hydrogen-bond donors (Lipinski definition) is 1. The first-order valence-electron chi connectivity index (χ1n) is 6.06. The van der Waals surface area contributed by atoms with Crippen molar-refractivity contribution in [2.45, 2.75) is 19.9 Å². The van der Waals surface area contributed by atoms with Gasteiger partial charge in [0, 0.05) is 18.4 Å². The molecule has 1 aromatic heterocycles. The van der Waals surface area contributed by atoms with Crippen LogP contribution in [0.4, 0.5) is 0 Å². The molecule has 0 bridgehead atoms. The maximum atomic E-state index is 11.1. The predicted molar refractivity (Wildman–Crippen MR) is 71.0 cm³/mol. The Morgan fingerprint density at radius 2 is 2.00 bits per heavy atom. The topological polar surface area (TPSA) is 66.0 Å². The minimum atomic E-state index is -0.893. The Morgan fingerprint density at radius 3 is 2.53 bits per heavy atom. The Labute approximate surface area is 111 Å². The number of benzene rings is 1. The lowest BCUT2D eigenvalue weighted by molar-refractivity contribution is 0.0695. The summed E-state index contributed by atoms with van der Waals surface area (Å²) in [5.41, 5.74) is 2.84. The summed E-state index contributed by atoms with van der Waals surface area (Å²) in [6.45, 7) is 2.55. The number of nitrogens with zero attached hydrogens (tertiary/aromatic N) is 2. The Balaban J connectivity index is 2.28.